The predicted octanol–water partition coefficient (Wildman–Crippen LogP) is 5.81. The Labute approximate surface area is 222 Å². The number of halogens is 1. The molecular formula is C29H23FN8O. The molecule has 1 amide bonds. The minimum absolute atomic E-state index is 0.0399. The Morgan fingerprint density at radius 3 is 2.69 bits per heavy atom. The van der Waals surface area contributed by atoms with Crippen LogP contribution in [0.4, 0.5) is 10.1 Å². The Balaban J connectivity index is 1.27. The zero-order chi connectivity index (χ0) is 26.5. The maximum atomic E-state index is 14.1. The number of aryl methyl sites for hydroxylation is 1. The van der Waals surface area contributed by atoms with Gasteiger partial charge in [0.15, 0.2) is 11.5 Å². The number of aromatic nitrogens is 7. The molecule has 0 radical (unpaired) electrons. The molecule has 3 N–H and O–H groups in total. The lowest BCUT2D eigenvalue weighted by molar-refractivity contribution is -0.122. The lowest BCUT2D eigenvalue weighted by atomic mass is 9.85. The summed E-state index contributed by atoms with van der Waals surface area (Å²) in [6.45, 7) is 1.84. The Kier molecular flexibility index (Phi) is 5.39. The number of hydrogen-bond acceptors (Lipinski definition) is 6. The first-order valence-electron chi connectivity index (χ1n) is 12.7. The lowest BCUT2D eigenvalue weighted by Gasteiger charge is -2.24. The van der Waals surface area contributed by atoms with Gasteiger partial charge < -0.3 is 10.3 Å². The highest BCUT2D eigenvalue weighted by Gasteiger charge is 2.25. The number of anilines is 1. The molecule has 0 atom stereocenters. The number of nitrogens with zero attached hydrogens (tertiary/aromatic N) is 5. The van der Waals surface area contributed by atoms with Gasteiger partial charge in [0.25, 0.3) is 0 Å². The molecule has 5 heterocycles. The van der Waals surface area contributed by atoms with Gasteiger partial charge in [0.1, 0.15) is 17.0 Å². The summed E-state index contributed by atoms with van der Waals surface area (Å²) < 4.78 is 14.1. The SMILES string of the molecule is Cc1cc(F)cc(-c2nccc3[nH]c(-c4n[nH]c5ncc(-c6cncc(NC(=O)C7CCC7)c6)cc45)nc23)c1. The fourth-order valence-corrected chi connectivity index (χ4v) is 4.95. The van der Waals surface area contributed by atoms with Crippen molar-refractivity contribution in [3.05, 3.63) is 72.6 Å². The number of aromatic amines is 2. The van der Waals surface area contributed by atoms with E-state index in [1.165, 1.54) is 12.1 Å². The van der Waals surface area contributed by atoms with Crippen molar-refractivity contribution in [2.45, 2.75) is 26.2 Å². The molecule has 6 aromatic rings. The van der Waals surface area contributed by atoms with Crippen LogP contribution in [0.15, 0.2) is 61.2 Å². The third kappa shape index (κ3) is 4.19. The molecular weight excluding hydrogens is 495 g/mol. The van der Waals surface area contributed by atoms with E-state index in [9.17, 15) is 9.18 Å². The lowest BCUT2D eigenvalue weighted by Crippen LogP contribution is -2.28. The maximum absolute atomic E-state index is 14.1. The molecule has 1 fully saturated rings. The molecule has 0 unspecified atom stereocenters. The van der Waals surface area contributed by atoms with Crippen LogP contribution in [0, 0.1) is 18.7 Å². The second kappa shape index (κ2) is 9.09. The van der Waals surface area contributed by atoms with Gasteiger partial charge in [-0.25, -0.2) is 14.4 Å². The zero-order valence-electron chi connectivity index (χ0n) is 21.0. The highest BCUT2D eigenvalue weighted by molar-refractivity contribution is 5.97. The number of hydrogen-bond donors (Lipinski definition) is 3. The summed E-state index contributed by atoms with van der Waals surface area (Å²) >= 11 is 0. The van der Waals surface area contributed by atoms with E-state index in [1.807, 2.05) is 31.2 Å². The highest BCUT2D eigenvalue weighted by Crippen LogP contribution is 2.33. The first kappa shape index (κ1) is 23.2. The van der Waals surface area contributed by atoms with E-state index in [-0.39, 0.29) is 17.6 Å². The van der Waals surface area contributed by atoms with Crippen molar-refractivity contribution in [3.8, 4) is 33.9 Å². The number of fused-ring (bicyclic) bond motifs is 2. The number of imidazole rings is 1. The van der Waals surface area contributed by atoms with Crippen LogP contribution in [-0.2, 0) is 4.79 Å². The second-order valence-electron chi connectivity index (χ2n) is 9.93. The third-order valence-corrected chi connectivity index (χ3v) is 7.17. The van der Waals surface area contributed by atoms with Gasteiger partial charge >= 0.3 is 0 Å². The van der Waals surface area contributed by atoms with Crippen LogP contribution < -0.4 is 5.32 Å². The monoisotopic (exact) mass is 518 g/mol. The molecule has 9 nitrogen and oxygen atoms in total. The summed E-state index contributed by atoms with van der Waals surface area (Å²) in [5, 5.41) is 11.2. The third-order valence-electron chi connectivity index (χ3n) is 7.17. The number of H-pyrrole nitrogens is 2. The van der Waals surface area contributed by atoms with E-state index in [0.29, 0.717) is 39.6 Å². The molecule has 1 aromatic carbocycles. The molecule has 1 saturated carbocycles. The average molecular weight is 519 g/mol. The summed E-state index contributed by atoms with van der Waals surface area (Å²) in [5.74, 6) is 0.345. The minimum Gasteiger partial charge on any atom is -0.336 e. The van der Waals surface area contributed by atoms with Crippen molar-refractivity contribution >= 4 is 33.7 Å². The van der Waals surface area contributed by atoms with Crippen LogP contribution in [0.3, 0.4) is 0 Å². The molecule has 0 spiro atoms. The molecule has 10 heteroatoms. The zero-order valence-corrected chi connectivity index (χ0v) is 21.0. The van der Waals surface area contributed by atoms with E-state index in [1.54, 1.807) is 24.8 Å². The van der Waals surface area contributed by atoms with E-state index in [2.05, 4.69) is 35.5 Å². The van der Waals surface area contributed by atoms with Gasteiger partial charge in [-0.3, -0.25) is 19.9 Å². The quantitative estimate of drug-likeness (QED) is 0.264. The van der Waals surface area contributed by atoms with Crippen LogP contribution in [0.25, 0.3) is 56.0 Å². The molecule has 39 heavy (non-hydrogen) atoms. The smallest absolute Gasteiger partial charge is 0.227 e. The Morgan fingerprint density at radius 2 is 1.87 bits per heavy atom. The van der Waals surface area contributed by atoms with Gasteiger partial charge in [-0.1, -0.05) is 6.42 Å². The van der Waals surface area contributed by atoms with E-state index < -0.39 is 0 Å². The van der Waals surface area contributed by atoms with Crippen LogP contribution in [-0.4, -0.2) is 41.0 Å². The van der Waals surface area contributed by atoms with E-state index in [4.69, 9.17) is 4.98 Å². The number of carbonyl (C=O) groups is 1. The summed E-state index contributed by atoms with van der Waals surface area (Å²) in [5.41, 5.74) is 6.93. The average Bonchev–Trinajstić information content (AvgIpc) is 3.50. The van der Waals surface area contributed by atoms with E-state index >= 15 is 0 Å². The summed E-state index contributed by atoms with van der Waals surface area (Å²) in [7, 11) is 0. The maximum Gasteiger partial charge on any atom is 0.227 e. The number of pyridine rings is 3. The van der Waals surface area contributed by atoms with Gasteiger partial charge in [0.2, 0.25) is 5.91 Å². The normalized spacial score (nSPS) is 13.6. The number of carbonyl (C=O) groups excluding carboxylic acids is 1. The molecule has 0 saturated heterocycles. The summed E-state index contributed by atoms with van der Waals surface area (Å²) in [4.78, 5) is 33.9. The summed E-state index contributed by atoms with van der Waals surface area (Å²) in [6.07, 6.45) is 9.77. The van der Waals surface area contributed by atoms with Gasteiger partial charge in [0, 0.05) is 41.2 Å². The Morgan fingerprint density at radius 1 is 1.00 bits per heavy atom. The number of benzene rings is 1. The van der Waals surface area contributed by atoms with Crippen LogP contribution in [0.1, 0.15) is 24.8 Å². The van der Waals surface area contributed by atoms with Crippen molar-refractivity contribution < 1.29 is 9.18 Å². The molecule has 0 aliphatic heterocycles. The van der Waals surface area contributed by atoms with Crippen molar-refractivity contribution in [1.29, 1.82) is 0 Å². The largest absolute Gasteiger partial charge is 0.336 e. The standard InChI is InChI=1S/C29H23FN8O/c1-15-7-17(9-20(30)8-15)24-26-23(5-6-32-24)35-28(36-26)25-22-11-19(13-33-27(22)38-37-25)18-10-21(14-31-12-18)34-29(39)16-3-2-4-16/h5-14,16H,2-4H2,1H3,(H,34,39)(H,35,36)(H,33,37,38). The Bertz CT molecular complexity index is 1870. The second-order valence-corrected chi connectivity index (χ2v) is 9.93. The Hall–Kier alpha value is -4.99. The molecule has 5 aromatic heterocycles. The fourth-order valence-electron chi connectivity index (χ4n) is 4.95. The minimum atomic E-state index is -0.322. The van der Waals surface area contributed by atoms with Crippen LogP contribution in [0.5, 0.6) is 0 Å². The first-order chi connectivity index (χ1) is 19.0. The highest BCUT2D eigenvalue weighted by atomic mass is 19.1. The number of amides is 1. The van der Waals surface area contributed by atoms with Gasteiger partial charge in [-0.15, -0.1) is 0 Å². The molecule has 1 aliphatic carbocycles. The van der Waals surface area contributed by atoms with Crippen LogP contribution >= 0.6 is 0 Å². The molecule has 7 rings (SSSR count). The molecule has 1 aliphatic rings. The topological polar surface area (TPSA) is 125 Å². The number of nitrogens with one attached hydrogen (secondary N) is 3. The van der Waals surface area contributed by atoms with Crippen molar-refractivity contribution in [3.63, 3.8) is 0 Å². The van der Waals surface area contributed by atoms with Crippen molar-refractivity contribution in [1.82, 2.24) is 35.1 Å². The number of rotatable bonds is 5. The van der Waals surface area contributed by atoms with E-state index in [0.717, 1.165) is 46.9 Å². The molecule has 0 bridgehead atoms. The van der Waals surface area contributed by atoms with Crippen LogP contribution in [0.2, 0.25) is 0 Å². The van der Waals surface area contributed by atoms with Crippen molar-refractivity contribution in [2.24, 2.45) is 5.92 Å². The van der Waals surface area contributed by atoms with Gasteiger partial charge in [-0.2, -0.15) is 5.10 Å². The van der Waals surface area contributed by atoms with Gasteiger partial charge in [0.05, 0.1) is 28.5 Å². The van der Waals surface area contributed by atoms with Crippen molar-refractivity contribution in [2.75, 3.05) is 5.32 Å². The molecule has 192 valence electrons. The summed E-state index contributed by atoms with van der Waals surface area (Å²) in [6, 6.07) is 10.5. The van der Waals surface area contributed by atoms with Gasteiger partial charge in [-0.05, 0) is 61.7 Å². The fraction of sp³-hybridized carbons (Fsp3) is 0.172. The first-order valence-corrected chi connectivity index (χ1v) is 12.7. The predicted molar refractivity (Wildman–Crippen MR) is 146 cm³/mol.